The fourth-order valence-corrected chi connectivity index (χ4v) is 3.77. The van der Waals surface area contributed by atoms with Crippen LogP contribution >= 0.6 is 35.7 Å². The first kappa shape index (κ1) is 26.1. The van der Waals surface area contributed by atoms with Crippen molar-refractivity contribution in [3.63, 3.8) is 0 Å². The first-order chi connectivity index (χ1) is 15.0. The maximum atomic E-state index is 13.0. The minimum Gasteiger partial charge on any atom is -0.356 e. The van der Waals surface area contributed by atoms with E-state index in [9.17, 15) is 4.39 Å². The number of hydrogen-bond donors (Lipinski definition) is 2. The van der Waals surface area contributed by atoms with Gasteiger partial charge >= 0.3 is 0 Å². The third-order valence-electron chi connectivity index (χ3n) is 4.91. The van der Waals surface area contributed by atoms with Crippen molar-refractivity contribution < 1.29 is 4.39 Å². The number of aryl methyl sites for hydroxylation is 1. The molecule has 0 spiro atoms. The molecule has 32 heavy (non-hydrogen) atoms. The standard InChI is InChI=1S/C23H29FN6S.HI/c1-17(19-8-5-4-6-9-19)27-23(26-16-22-29-28-18(2)30(22)3)25-14-7-15-31-21-12-10-20(24)11-13-21;/h4-6,8-13,17H,7,14-16H2,1-3H3,(H2,25,26,27);1H. The van der Waals surface area contributed by atoms with Gasteiger partial charge < -0.3 is 15.2 Å². The molecule has 0 saturated carbocycles. The van der Waals surface area contributed by atoms with Gasteiger partial charge in [0.25, 0.3) is 0 Å². The highest BCUT2D eigenvalue weighted by atomic mass is 127. The average Bonchev–Trinajstić information content (AvgIpc) is 3.11. The minimum absolute atomic E-state index is 0. The molecule has 0 saturated heterocycles. The van der Waals surface area contributed by atoms with Gasteiger partial charge in [0.1, 0.15) is 18.2 Å². The Morgan fingerprint density at radius 3 is 2.50 bits per heavy atom. The van der Waals surface area contributed by atoms with Crippen molar-refractivity contribution in [1.82, 2.24) is 25.4 Å². The van der Waals surface area contributed by atoms with Crippen LogP contribution in [-0.2, 0) is 13.6 Å². The molecule has 0 fully saturated rings. The molecule has 1 unspecified atom stereocenters. The van der Waals surface area contributed by atoms with Crippen LogP contribution in [0.3, 0.4) is 0 Å². The Kier molecular flexibility index (Phi) is 10.9. The smallest absolute Gasteiger partial charge is 0.192 e. The number of hydrogen-bond acceptors (Lipinski definition) is 4. The predicted molar refractivity (Wildman–Crippen MR) is 140 cm³/mol. The van der Waals surface area contributed by atoms with Crippen LogP contribution < -0.4 is 10.6 Å². The van der Waals surface area contributed by atoms with E-state index in [2.05, 4.69) is 39.9 Å². The number of rotatable bonds is 9. The Morgan fingerprint density at radius 2 is 1.84 bits per heavy atom. The highest BCUT2D eigenvalue weighted by Gasteiger charge is 2.09. The van der Waals surface area contributed by atoms with Gasteiger partial charge in [0.05, 0.1) is 6.04 Å². The van der Waals surface area contributed by atoms with E-state index in [1.54, 1.807) is 11.8 Å². The van der Waals surface area contributed by atoms with Gasteiger partial charge in [0.2, 0.25) is 0 Å². The zero-order chi connectivity index (χ0) is 22.1. The topological polar surface area (TPSA) is 67.1 Å². The molecule has 0 aliphatic heterocycles. The first-order valence-electron chi connectivity index (χ1n) is 10.4. The molecule has 0 aliphatic carbocycles. The predicted octanol–water partition coefficient (Wildman–Crippen LogP) is 4.86. The Morgan fingerprint density at radius 1 is 1.12 bits per heavy atom. The molecule has 2 aromatic carbocycles. The summed E-state index contributed by atoms with van der Waals surface area (Å²) in [4.78, 5) is 5.79. The fraction of sp³-hybridized carbons (Fsp3) is 0.348. The monoisotopic (exact) mass is 568 g/mol. The summed E-state index contributed by atoms with van der Waals surface area (Å²) < 4.78 is 15.0. The van der Waals surface area contributed by atoms with Crippen LogP contribution in [0.1, 0.15) is 36.6 Å². The van der Waals surface area contributed by atoms with E-state index in [1.165, 1.54) is 17.7 Å². The zero-order valence-corrected chi connectivity index (χ0v) is 21.7. The summed E-state index contributed by atoms with van der Waals surface area (Å²) in [7, 11) is 1.94. The summed E-state index contributed by atoms with van der Waals surface area (Å²) in [5, 5.41) is 15.2. The molecule has 1 atom stereocenters. The third-order valence-corrected chi connectivity index (χ3v) is 6.01. The zero-order valence-electron chi connectivity index (χ0n) is 18.6. The van der Waals surface area contributed by atoms with Crippen molar-refractivity contribution in [2.24, 2.45) is 12.0 Å². The molecule has 0 amide bonds. The van der Waals surface area contributed by atoms with E-state index in [-0.39, 0.29) is 35.8 Å². The maximum Gasteiger partial charge on any atom is 0.192 e. The normalized spacial score (nSPS) is 12.2. The second-order valence-electron chi connectivity index (χ2n) is 7.25. The van der Waals surface area contributed by atoms with Gasteiger partial charge in [-0.25, -0.2) is 9.38 Å². The molecular weight excluding hydrogens is 538 g/mol. The Hall–Kier alpha value is -2.14. The number of thioether (sulfide) groups is 1. The highest BCUT2D eigenvalue weighted by Crippen LogP contribution is 2.18. The van der Waals surface area contributed by atoms with E-state index in [0.29, 0.717) is 6.54 Å². The number of nitrogens with one attached hydrogen (secondary N) is 2. The lowest BCUT2D eigenvalue weighted by molar-refractivity contribution is 0.626. The van der Waals surface area contributed by atoms with Gasteiger partial charge in [-0.05, 0) is 55.9 Å². The van der Waals surface area contributed by atoms with Crippen molar-refractivity contribution >= 4 is 41.7 Å². The van der Waals surface area contributed by atoms with Crippen LogP contribution in [-0.4, -0.2) is 33.0 Å². The summed E-state index contributed by atoms with van der Waals surface area (Å²) in [6.07, 6.45) is 0.950. The second kappa shape index (κ2) is 13.4. The van der Waals surface area contributed by atoms with Crippen LogP contribution in [0.4, 0.5) is 4.39 Å². The van der Waals surface area contributed by atoms with Gasteiger partial charge in [-0.3, -0.25) is 0 Å². The molecule has 9 heteroatoms. The minimum atomic E-state index is -0.205. The third kappa shape index (κ3) is 8.09. The van der Waals surface area contributed by atoms with Crippen molar-refractivity contribution in [1.29, 1.82) is 0 Å². The quantitative estimate of drug-likeness (QED) is 0.127. The highest BCUT2D eigenvalue weighted by molar-refractivity contribution is 14.0. The molecule has 1 aromatic heterocycles. The fourth-order valence-electron chi connectivity index (χ4n) is 2.92. The number of aliphatic imine (C=N–C) groups is 1. The van der Waals surface area contributed by atoms with Gasteiger partial charge in [-0.2, -0.15) is 0 Å². The first-order valence-corrected chi connectivity index (χ1v) is 11.3. The molecular formula is C23H30FIN6S. The number of halogens is 2. The molecule has 0 radical (unpaired) electrons. The average molecular weight is 569 g/mol. The lowest BCUT2D eigenvalue weighted by Gasteiger charge is -2.19. The van der Waals surface area contributed by atoms with Gasteiger partial charge in [0, 0.05) is 18.5 Å². The van der Waals surface area contributed by atoms with Crippen molar-refractivity contribution in [3.05, 3.63) is 77.6 Å². The van der Waals surface area contributed by atoms with E-state index >= 15 is 0 Å². The van der Waals surface area contributed by atoms with E-state index in [1.807, 2.05) is 48.9 Å². The summed E-state index contributed by atoms with van der Waals surface area (Å²) in [5.74, 6) is 3.15. The van der Waals surface area contributed by atoms with Crippen LogP contribution in [0, 0.1) is 12.7 Å². The largest absolute Gasteiger partial charge is 0.356 e. The van der Waals surface area contributed by atoms with Crippen molar-refractivity contribution in [3.8, 4) is 0 Å². The van der Waals surface area contributed by atoms with Crippen LogP contribution in [0.2, 0.25) is 0 Å². The van der Waals surface area contributed by atoms with Crippen LogP contribution in [0.25, 0.3) is 0 Å². The van der Waals surface area contributed by atoms with Crippen molar-refractivity contribution in [2.75, 3.05) is 12.3 Å². The summed E-state index contributed by atoms with van der Waals surface area (Å²) >= 11 is 1.72. The number of benzene rings is 2. The molecule has 2 N–H and O–H groups in total. The lowest BCUT2D eigenvalue weighted by atomic mass is 10.1. The van der Waals surface area contributed by atoms with Gasteiger partial charge in [-0.1, -0.05) is 30.3 Å². The molecule has 3 aromatic rings. The second-order valence-corrected chi connectivity index (χ2v) is 8.42. The number of aromatic nitrogens is 3. The van der Waals surface area contributed by atoms with Gasteiger partial charge in [0.15, 0.2) is 11.8 Å². The summed E-state index contributed by atoms with van der Waals surface area (Å²) in [6.45, 7) is 5.26. The van der Waals surface area contributed by atoms with E-state index < -0.39 is 0 Å². The Labute approximate surface area is 210 Å². The van der Waals surface area contributed by atoms with E-state index in [0.717, 1.165) is 41.2 Å². The molecule has 0 aliphatic rings. The molecule has 172 valence electrons. The molecule has 6 nitrogen and oxygen atoms in total. The number of guanidine groups is 1. The number of nitrogens with zero attached hydrogens (tertiary/aromatic N) is 4. The van der Waals surface area contributed by atoms with Crippen LogP contribution in [0.15, 0.2) is 64.5 Å². The van der Waals surface area contributed by atoms with Crippen molar-refractivity contribution in [2.45, 2.75) is 37.8 Å². The van der Waals surface area contributed by atoms with Gasteiger partial charge in [-0.15, -0.1) is 45.9 Å². The lowest BCUT2D eigenvalue weighted by Crippen LogP contribution is -2.39. The molecule has 1 heterocycles. The molecule has 3 rings (SSSR count). The molecule has 0 bridgehead atoms. The summed E-state index contributed by atoms with van der Waals surface area (Å²) in [6, 6.07) is 17.0. The SMILES string of the molecule is Cc1nnc(CN=C(NCCCSc2ccc(F)cc2)NC(C)c2ccccc2)n1C.I. The Bertz CT molecular complexity index is 978. The van der Waals surface area contributed by atoms with E-state index in [4.69, 9.17) is 4.99 Å². The Balaban J connectivity index is 0.00000363. The van der Waals surface area contributed by atoms with Crippen LogP contribution in [0.5, 0.6) is 0 Å². The summed E-state index contributed by atoms with van der Waals surface area (Å²) in [5.41, 5.74) is 1.19. The maximum absolute atomic E-state index is 13.0.